The molecule has 3 rings (SSSR count). The molecule has 0 radical (unpaired) electrons. The first kappa shape index (κ1) is 14.1. The number of carboxylic acids is 1. The zero-order chi connectivity index (χ0) is 13.8. The SMILES string of the molecule is CC1(C)CC2(C)CC(C(=O)O)(C2)CC(C)(NCl)C1. The molecule has 1 atom stereocenters. The van der Waals surface area contributed by atoms with Crippen LogP contribution >= 0.6 is 11.8 Å². The van der Waals surface area contributed by atoms with Gasteiger partial charge in [-0.3, -0.25) is 4.79 Å². The van der Waals surface area contributed by atoms with E-state index in [1.54, 1.807) is 0 Å². The quantitative estimate of drug-likeness (QED) is 0.756. The van der Waals surface area contributed by atoms with Gasteiger partial charge in [0, 0.05) is 5.54 Å². The van der Waals surface area contributed by atoms with Crippen molar-refractivity contribution >= 4 is 17.7 Å². The minimum atomic E-state index is -0.655. The molecule has 0 saturated heterocycles. The molecule has 0 amide bonds. The molecule has 3 aliphatic rings. The molecule has 2 bridgehead atoms. The monoisotopic (exact) mass is 273 g/mol. The summed E-state index contributed by atoms with van der Waals surface area (Å²) in [5.74, 6) is -0.655. The van der Waals surface area contributed by atoms with Gasteiger partial charge in [0.2, 0.25) is 0 Å². The van der Waals surface area contributed by atoms with Gasteiger partial charge in [0.25, 0.3) is 0 Å². The van der Waals surface area contributed by atoms with E-state index in [1.165, 1.54) is 0 Å². The van der Waals surface area contributed by atoms with Crippen LogP contribution in [0.25, 0.3) is 0 Å². The van der Waals surface area contributed by atoms with Crippen LogP contribution in [0.1, 0.15) is 59.8 Å². The Labute approximate surface area is 114 Å². The van der Waals surface area contributed by atoms with Crippen molar-refractivity contribution in [2.24, 2.45) is 16.2 Å². The number of hydrogen-bond donors (Lipinski definition) is 2. The summed E-state index contributed by atoms with van der Waals surface area (Å²) in [6.07, 6.45) is 4.18. The number of carbonyl (C=O) groups is 1. The Hall–Kier alpha value is -0.280. The molecule has 3 aliphatic carbocycles. The molecule has 18 heavy (non-hydrogen) atoms. The Morgan fingerprint density at radius 2 is 1.61 bits per heavy atom. The van der Waals surface area contributed by atoms with Crippen LogP contribution < -0.4 is 4.84 Å². The third kappa shape index (κ3) is 2.27. The molecule has 3 fully saturated rings. The van der Waals surface area contributed by atoms with Gasteiger partial charge in [-0.25, -0.2) is 4.84 Å². The Kier molecular flexibility index (Phi) is 3.03. The van der Waals surface area contributed by atoms with Gasteiger partial charge in [0.1, 0.15) is 0 Å². The van der Waals surface area contributed by atoms with Crippen LogP contribution in [0.5, 0.6) is 0 Å². The molecule has 0 aromatic rings. The molecule has 0 aromatic carbocycles. The fourth-order valence-electron chi connectivity index (χ4n) is 5.21. The Balaban J connectivity index is 2.33. The van der Waals surface area contributed by atoms with E-state index in [1.807, 2.05) is 6.92 Å². The number of hydrogen-bond acceptors (Lipinski definition) is 2. The second-order valence-electron chi connectivity index (χ2n) is 8.10. The molecule has 0 heterocycles. The molecule has 0 spiro atoms. The van der Waals surface area contributed by atoms with Crippen molar-refractivity contribution in [1.82, 2.24) is 4.84 Å². The lowest BCUT2D eigenvalue weighted by molar-refractivity contribution is -0.176. The molecule has 3 nitrogen and oxygen atoms in total. The Bertz CT molecular complexity index is 374. The normalized spacial score (nSPS) is 46.7. The van der Waals surface area contributed by atoms with Crippen LogP contribution in [0, 0.1) is 16.2 Å². The van der Waals surface area contributed by atoms with Gasteiger partial charge in [-0.15, -0.1) is 0 Å². The minimum Gasteiger partial charge on any atom is -0.481 e. The van der Waals surface area contributed by atoms with Crippen LogP contribution in [-0.2, 0) is 4.79 Å². The molecular weight excluding hydrogens is 250 g/mol. The minimum absolute atomic E-state index is 0.190. The first-order valence-corrected chi connectivity index (χ1v) is 7.03. The largest absolute Gasteiger partial charge is 0.481 e. The van der Waals surface area contributed by atoms with E-state index in [-0.39, 0.29) is 16.4 Å². The summed E-state index contributed by atoms with van der Waals surface area (Å²) in [5.41, 5.74) is -0.487. The van der Waals surface area contributed by atoms with Crippen LogP contribution in [0.15, 0.2) is 0 Å². The van der Waals surface area contributed by atoms with Crippen molar-refractivity contribution in [3.63, 3.8) is 0 Å². The first-order chi connectivity index (χ1) is 8.04. The van der Waals surface area contributed by atoms with Crippen molar-refractivity contribution in [3.8, 4) is 0 Å². The maximum Gasteiger partial charge on any atom is 0.309 e. The van der Waals surface area contributed by atoms with Crippen LogP contribution in [0.4, 0.5) is 0 Å². The highest BCUT2D eigenvalue weighted by Gasteiger charge is 2.61. The van der Waals surface area contributed by atoms with Gasteiger partial charge < -0.3 is 5.11 Å². The number of nitrogens with one attached hydrogen (secondary N) is 1. The van der Waals surface area contributed by atoms with Gasteiger partial charge in [-0.2, -0.15) is 0 Å². The maximum absolute atomic E-state index is 11.6. The first-order valence-electron chi connectivity index (χ1n) is 6.65. The summed E-state index contributed by atoms with van der Waals surface area (Å²) in [6, 6.07) is 0. The predicted molar refractivity (Wildman–Crippen MR) is 72.4 cm³/mol. The molecule has 2 N–H and O–H groups in total. The summed E-state index contributed by atoms with van der Waals surface area (Å²) in [4.78, 5) is 14.5. The van der Waals surface area contributed by atoms with Crippen LogP contribution in [-0.4, -0.2) is 16.6 Å². The lowest BCUT2D eigenvalue weighted by atomic mass is 9.44. The van der Waals surface area contributed by atoms with Gasteiger partial charge >= 0.3 is 5.97 Å². The van der Waals surface area contributed by atoms with Crippen molar-refractivity contribution < 1.29 is 9.90 Å². The molecule has 104 valence electrons. The van der Waals surface area contributed by atoms with Gasteiger partial charge in [0.05, 0.1) is 5.41 Å². The Morgan fingerprint density at radius 3 is 2.06 bits per heavy atom. The summed E-state index contributed by atoms with van der Waals surface area (Å²) in [5, 5.41) is 9.55. The van der Waals surface area contributed by atoms with E-state index in [0.717, 1.165) is 25.7 Å². The van der Waals surface area contributed by atoms with E-state index in [9.17, 15) is 9.90 Å². The number of fused-ring (bicyclic) bond motifs is 4. The standard InChI is InChI=1S/C14H24ClNO2/c1-11(2)5-12(3)7-14(8-12,10(17)18)9-13(4,6-11)16-15/h16H,5-9H2,1-4H3,(H,17,18). The highest BCUT2D eigenvalue weighted by molar-refractivity contribution is 6.13. The maximum atomic E-state index is 11.6. The summed E-state index contributed by atoms with van der Waals surface area (Å²) >= 11 is 5.92. The molecule has 3 saturated carbocycles. The fourth-order valence-corrected chi connectivity index (χ4v) is 5.34. The van der Waals surface area contributed by atoms with E-state index in [2.05, 4.69) is 25.6 Å². The van der Waals surface area contributed by atoms with Gasteiger partial charge in [-0.05, 0) is 61.6 Å². The second kappa shape index (κ2) is 3.86. The molecule has 0 aliphatic heterocycles. The Morgan fingerprint density at radius 1 is 1.06 bits per heavy atom. The zero-order valence-electron chi connectivity index (χ0n) is 11.8. The number of carboxylic acid groups (broad SMARTS) is 1. The topological polar surface area (TPSA) is 49.3 Å². The van der Waals surface area contributed by atoms with Crippen molar-refractivity contribution in [1.29, 1.82) is 0 Å². The van der Waals surface area contributed by atoms with E-state index in [0.29, 0.717) is 6.42 Å². The van der Waals surface area contributed by atoms with Crippen molar-refractivity contribution in [3.05, 3.63) is 0 Å². The van der Waals surface area contributed by atoms with Gasteiger partial charge in [-0.1, -0.05) is 20.8 Å². The average Bonchev–Trinajstić information content (AvgIpc) is 2.10. The van der Waals surface area contributed by atoms with Crippen molar-refractivity contribution in [2.45, 2.75) is 65.3 Å². The smallest absolute Gasteiger partial charge is 0.309 e. The molecular formula is C14H24ClNO2. The number of rotatable bonds is 2. The molecule has 4 heteroatoms. The zero-order valence-corrected chi connectivity index (χ0v) is 12.5. The molecule has 0 aromatic heterocycles. The van der Waals surface area contributed by atoms with E-state index in [4.69, 9.17) is 11.8 Å². The second-order valence-corrected chi connectivity index (χ2v) is 8.29. The molecule has 1 unspecified atom stereocenters. The fraction of sp³-hybridized carbons (Fsp3) is 0.929. The summed E-state index contributed by atoms with van der Waals surface area (Å²) in [6.45, 7) is 8.80. The summed E-state index contributed by atoms with van der Waals surface area (Å²) < 4.78 is 0. The van der Waals surface area contributed by atoms with E-state index >= 15 is 0 Å². The third-order valence-electron chi connectivity index (χ3n) is 4.71. The van der Waals surface area contributed by atoms with Gasteiger partial charge in [0.15, 0.2) is 0 Å². The van der Waals surface area contributed by atoms with E-state index < -0.39 is 11.4 Å². The number of aliphatic carboxylic acids is 1. The van der Waals surface area contributed by atoms with Crippen LogP contribution in [0.3, 0.4) is 0 Å². The van der Waals surface area contributed by atoms with Crippen molar-refractivity contribution in [2.75, 3.05) is 0 Å². The average molecular weight is 274 g/mol. The van der Waals surface area contributed by atoms with Crippen LogP contribution in [0.2, 0.25) is 0 Å². The highest BCUT2D eigenvalue weighted by Crippen LogP contribution is 2.64. The highest BCUT2D eigenvalue weighted by atomic mass is 35.5. The summed E-state index contributed by atoms with van der Waals surface area (Å²) in [7, 11) is 0. The lowest BCUT2D eigenvalue weighted by Gasteiger charge is -2.60. The lowest BCUT2D eigenvalue weighted by Crippen LogP contribution is -2.59. The number of halogens is 1. The predicted octanol–water partition coefficient (Wildman–Crippen LogP) is 3.57. The third-order valence-corrected chi connectivity index (χ3v) is 5.17.